The molecule has 2 nitrogen and oxygen atoms in total. The second-order valence-corrected chi connectivity index (χ2v) is 6.04. The number of aldehydes is 1. The summed E-state index contributed by atoms with van der Waals surface area (Å²) in [7, 11) is 1.69. The van der Waals surface area contributed by atoms with Gasteiger partial charge in [-0.2, -0.15) is 0 Å². The molecule has 0 fully saturated rings. The molecule has 0 heterocycles. The first-order valence-electron chi connectivity index (χ1n) is 7.95. The molecule has 3 atom stereocenters. The Morgan fingerprint density at radius 1 is 1.18 bits per heavy atom. The summed E-state index contributed by atoms with van der Waals surface area (Å²) in [6.45, 7) is 2.22. The van der Waals surface area contributed by atoms with E-state index in [1.165, 1.54) is 11.1 Å². The average molecular weight is 294 g/mol. The van der Waals surface area contributed by atoms with Gasteiger partial charge in [0.15, 0.2) is 0 Å². The van der Waals surface area contributed by atoms with Gasteiger partial charge >= 0.3 is 0 Å². The highest BCUT2D eigenvalue weighted by Crippen LogP contribution is 2.46. The molecule has 22 heavy (non-hydrogen) atoms. The molecule has 2 aromatic carbocycles. The van der Waals surface area contributed by atoms with E-state index in [9.17, 15) is 4.79 Å². The van der Waals surface area contributed by atoms with Crippen molar-refractivity contribution in [1.82, 2.24) is 0 Å². The molecular weight excluding hydrogens is 272 g/mol. The van der Waals surface area contributed by atoms with Crippen molar-refractivity contribution in [3.05, 3.63) is 65.2 Å². The van der Waals surface area contributed by atoms with Crippen LogP contribution in [0.5, 0.6) is 5.75 Å². The number of ether oxygens (including phenoxy) is 1. The molecule has 0 saturated heterocycles. The summed E-state index contributed by atoms with van der Waals surface area (Å²) in [6.07, 6.45) is 3.21. The Labute approximate surface area is 132 Å². The van der Waals surface area contributed by atoms with Crippen LogP contribution in [0.15, 0.2) is 48.5 Å². The smallest absolute Gasteiger partial charge is 0.128 e. The molecule has 0 spiro atoms. The first-order chi connectivity index (χ1) is 10.8. The fraction of sp³-hybridized carbons (Fsp3) is 0.350. The molecule has 0 amide bonds. The number of carbonyl (C=O) groups excluding carboxylic acids is 1. The van der Waals surface area contributed by atoms with Gasteiger partial charge in [-0.1, -0.05) is 49.7 Å². The third-order valence-corrected chi connectivity index (χ3v) is 4.94. The van der Waals surface area contributed by atoms with Crippen molar-refractivity contribution in [1.29, 1.82) is 0 Å². The monoisotopic (exact) mass is 294 g/mol. The maximum atomic E-state index is 11.9. The molecule has 3 rings (SSSR count). The highest BCUT2D eigenvalue weighted by molar-refractivity contribution is 5.67. The Morgan fingerprint density at radius 2 is 1.95 bits per heavy atom. The summed E-state index contributed by atoms with van der Waals surface area (Å²) >= 11 is 0. The summed E-state index contributed by atoms with van der Waals surface area (Å²) in [6, 6.07) is 16.6. The lowest BCUT2D eigenvalue weighted by atomic mass is 9.66. The van der Waals surface area contributed by atoms with Crippen LogP contribution in [-0.2, 0) is 11.2 Å². The van der Waals surface area contributed by atoms with Crippen LogP contribution in [-0.4, -0.2) is 13.4 Å². The second kappa shape index (κ2) is 6.35. The van der Waals surface area contributed by atoms with Gasteiger partial charge in [-0.25, -0.2) is 0 Å². The van der Waals surface area contributed by atoms with Crippen LogP contribution in [0.25, 0.3) is 0 Å². The lowest BCUT2D eigenvalue weighted by molar-refractivity contribution is -0.110. The predicted octanol–water partition coefficient (Wildman–Crippen LogP) is 4.34. The van der Waals surface area contributed by atoms with Gasteiger partial charge < -0.3 is 9.53 Å². The van der Waals surface area contributed by atoms with Crippen LogP contribution in [0, 0.1) is 5.92 Å². The fourth-order valence-corrected chi connectivity index (χ4v) is 3.82. The van der Waals surface area contributed by atoms with E-state index in [-0.39, 0.29) is 11.8 Å². The number of benzene rings is 2. The third kappa shape index (κ3) is 2.54. The molecule has 0 aliphatic heterocycles. The molecule has 0 aromatic heterocycles. The van der Waals surface area contributed by atoms with Crippen LogP contribution >= 0.6 is 0 Å². The van der Waals surface area contributed by atoms with Crippen molar-refractivity contribution in [2.24, 2.45) is 5.92 Å². The van der Waals surface area contributed by atoms with Crippen LogP contribution in [0.2, 0.25) is 0 Å². The molecule has 2 aromatic rings. The van der Waals surface area contributed by atoms with E-state index in [4.69, 9.17) is 4.74 Å². The molecule has 2 heteroatoms. The van der Waals surface area contributed by atoms with Gasteiger partial charge in [0.05, 0.1) is 7.11 Å². The Balaban J connectivity index is 2.08. The van der Waals surface area contributed by atoms with Gasteiger partial charge in [0.1, 0.15) is 12.0 Å². The molecule has 1 aliphatic carbocycles. The van der Waals surface area contributed by atoms with E-state index >= 15 is 0 Å². The van der Waals surface area contributed by atoms with Crippen molar-refractivity contribution in [2.45, 2.75) is 31.6 Å². The van der Waals surface area contributed by atoms with Gasteiger partial charge in [0.25, 0.3) is 0 Å². The van der Waals surface area contributed by atoms with Crippen molar-refractivity contribution >= 4 is 6.29 Å². The van der Waals surface area contributed by atoms with Gasteiger partial charge in [-0.05, 0) is 41.2 Å². The maximum absolute atomic E-state index is 11.9. The molecule has 0 saturated carbocycles. The van der Waals surface area contributed by atoms with E-state index in [0.717, 1.165) is 30.4 Å². The van der Waals surface area contributed by atoms with Crippen molar-refractivity contribution in [2.75, 3.05) is 7.11 Å². The number of hydrogen-bond donors (Lipinski definition) is 0. The summed E-state index contributed by atoms with van der Waals surface area (Å²) in [5.74, 6) is 1.56. The summed E-state index contributed by atoms with van der Waals surface area (Å²) in [5.41, 5.74) is 3.69. The zero-order valence-electron chi connectivity index (χ0n) is 13.2. The summed E-state index contributed by atoms with van der Waals surface area (Å²) < 4.78 is 5.34. The highest BCUT2D eigenvalue weighted by Gasteiger charge is 2.36. The lowest BCUT2D eigenvalue weighted by Crippen LogP contribution is -2.28. The molecular formula is C20H22O2. The Bertz CT molecular complexity index is 648. The second-order valence-electron chi connectivity index (χ2n) is 6.04. The fourth-order valence-electron chi connectivity index (χ4n) is 3.82. The first-order valence-corrected chi connectivity index (χ1v) is 7.95. The topological polar surface area (TPSA) is 26.3 Å². The molecule has 3 unspecified atom stereocenters. The zero-order valence-corrected chi connectivity index (χ0v) is 13.2. The Morgan fingerprint density at radius 3 is 2.59 bits per heavy atom. The van der Waals surface area contributed by atoms with Crippen molar-refractivity contribution < 1.29 is 9.53 Å². The van der Waals surface area contributed by atoms with Crippen LogP contribution in [0.1, 0.15) is 41.9 Å². The Kier molecular flexibility index (Phi) is 4.28. The highest BCUT2D eigenvalue weighted by atomic mass is 16.5. The SMILES string of the molecule is CCC1Cc2cc(OC)ccc2C(C=O)C1c1ccccc1. The average Bonchev–Trinajstić information content (AvgIpc) is 2.60. The lowest BCUT2D eigenvalue weighted by Gasteiger charge is -2.37. The third-order valence-electron chi connectivity index (χ3n) is 4.94. The number of fused-ring (bicyclic) bond motifs is 1. The minimum atomic E-state index is -0.0676. The van der Waals surface area contributed by atoms with Gasteiger partial charge in [0, 0.05) is 11.8 Å². The van der Waals surface area contributed by atoms with Crippen LogP contribution in [0.4, 0.5) is 0 Å². The Hall–Kier alpha value is -2.09. The molecule has 0 N–H and O–H groups in total. The minimum absolute atomic E-state index is 0.0676. The number of rotatable bonds is 4. The van der Waals surface area contributed by atoms with Crippen molar-refractivity contribution in [3.63, 3.8) is 0 Å². The maximum Gasteiger partial charge on any atom is 0.128 e. The largest absolute Gasteiger partial charge is 0.497 e. The molecule has 0 bridgehead atoms. The van der Waals surface area contributed by atoms with Crippen LogP contribution < -0.4 is 4.74 Å². The number of methoxy groups -OCH3 is 1. The zero-order chi connectivity index (χ0) is 15.5. The normalized spacial score (nSPS) is 23.6. The summed E-state index contributed by atoms with van der Waals surface area (Å²) in [5, 5.41) is 0. The van der Waals surface area contributed by atoms with Gasteiger partial charge in [-0.15, -0.1) is 0 Å². The van der Waals surface area contributed by atoms with E-state index in [0.29, 0.717) is 5.92 Å². The standard InChI is InChI=1S/C20H22O2/c1-3-14-11-16-12-17(22-2)9-10-18(16)19(13-21)20(14)15-7-5-4-6-8-15/h4-10,12-14,19-20H,3,11H2,1-2H3. The van der Waals surface area contributed by atoms with E-state index < -0.39 is 0 Å². The number of carbonyl (C=O) groups is 1. The predicted molar refractivity (Wildman–Crippen MR) is 88.5 cm³/mol. The van der Waals surface area contributed by atoms with Gasteiger partial charge in [-0.3, -0.25) is 0 Å². The molecule has 1 aliphatic rings. The first kappa shape index (κ1) is 14.8. The van der Waals surface area contributed by atoms with Crippen LogP contribution in [0.3, 0.4) is 0 Å². The van der Waals surface area contributed by atoms with Crippen molar-refractivity contribution in [3.8, 4) is 5.75 Å². The molecule has 0 radical (unpaired) electrons. The molecule has 114 valence electrons. The minimum Gasteiger partial charge on any atom is -0.497 e. The van der Waals surface area contributed by atoms with E-state index in [1.807, 2.05) is 12.1 Å². The number of hydrogen-bond acceptors (Lipinski definition) is 2. The quantitative estimate of drug-likeness (QED) is 0.784. The summed E-state index contributed by atoms with van der Waals surface area (Å²) in [4.78, 5) is 11.9. The van der Waals surface area contributed by atoms with E-state index in [2.05, 4.69) is 43.3 Å². The van der Waals surface area contributed by atoms with E-state index in [1.54, 1.807) is 7.11 Å². The van der Waals surface area contributed by atoms with Gasteiger partial charge in [0.2, 0.25) is 0 Å².